The Morgan fingerprint density at radius 3 is 2.38 bits per heavy atom. The van der Waals surface area contributed by atoms with Crippen LogP contribution >= 0.6 is 0 Å². The van der Waals surface area contributed by atoms with E-state index in [9.17, 15) is 10.2 Å². The Morgan fingerprint density at radius 1 is 1.38 bits per heavy atom. The van der Waals surface area contributed by atoms with Crippen LogP contribution in [0.1, 0.15) is 18.6 Å². The summed E-state index contributed by atoms with van der Waals surface area (Å²) in [7, 11) is 0. The van der Waals surface area contributed by atoms with Gasteiger partial charge in [0, 0.05) is 0 Å². The first-order valence-corrected chi connectivity index (χ1v) is 4.17. The van der Waals surface area contributed by atoms with E-state index in [2.05, 4.69) is 6.58 Å². The lowest BCUT2D eigenvalue weighted by atomic mass is 9.93. The van der Waals surface area contributed by atoms with Gasteiger partial charge in [-0.3, -0.25) is 0 Å². The average molecular weight is 178 g/mol. The third-order valence-electron chi connectivity index (χ3n) is 2.08. The lowest BCUT2D eigenvalue weighted by molar-refractivity contribution is -0.0275. The van der Waals surface area contributed by atoms with E-state index in [4.69, 9.17) is 0 Å². The summed E-state index contributed by atoms with van der Waals surface area (Å²) in [4.78, 5) is 0. The summed E-state index contributed by atoms with van der Waals surface area (Å²) >= 11 is 0. The second-order valence-electron chi connectivity index (χ2n) is 3.24. The summed E-state index contributed by atoms with van der Waals surface area (Å²) in [6, 6.07) is 9.03. The van der Waals surface area contributed by atoms with E-state index in [1.54, 1.807) is 12.1 Å². The summed E-state index contributed by atoms with van der Waals surface area (Å²) in [5.41, 5.74) is -0.589. The minimum absolute atomic E-state index is 0.687. The van der Waals surface area contributed by atoms with Crippen LogP contribution in [0.5, 0.6) is 0 Å². The van der Waals surface area contributed by atoms with Crippen molar-refractivity contribution in [1.82, 2.24) is 0 Å². The average Bonchev–Trinajstić information content (AvgIpc) is 2.18. The zero-order chi connectivity index (χ0) is 9.90. The number of aliphatic hydroxyl groups is 2. The number of aliphatic hydroxyl groups excluding tert-OH is 1. The van der Waals surface area contributed by atoms with Gasteiger partial charge in [0.15, 0.2) is 0 Å². The van der Waals surface area contributed by atoms with E-state index >= 15 is 0 Å². The molecule has 0 amide bonds. The van der Waals surface area contributed by atoms with Crippen LogP contribution in [-0.4, -0.2) is 15.8 Å². The molecule has 13 heavy (non-hydrogen) atoms. The Kier molecular flexibility index (Phi) is 2.86. The molecule has 1 aromatic carbocycles. The Hall–Kier alpha value is -1.12. The molecule has 1 rings (SSSR count). The Morgan fingerprint density at radius 2 is 1.92 bits per heavy atom. The van der Waals surface area contributed by atoms with Crippen LogP contribution in [0.15, 0.2) is 43.0 Å². The molecule has 0 radical (unpaired) electrons. The first-order chi connectivity index (χ1) is 6.08. The molecule has 0 aliphatic heterocycles. The van der Waals surface area contributed by atoms with Gasteiger partial charge in [-0.2, -0.15) is 0 Å². The molecule has 0 aliphatic rings. The molecule has 2 nitrogen and oxygen atoms in total. The van der Waals surface area contributed by atoms with Crippen LogP contribution in [-0.2, 0) is 0 Å². The van der Waals surface area contributed by atoms with E-state index in [1.807, 2.05) is 18.2 Å². The van der Waals surface area contributed by atoms with Gasteiger partial charge in [-0.15, -0.1) is 6.58 Å². The van der Waals surface area contributed by atoms with Crippen molar-refractivity contribution in [3.8, 4) is 0 Å². The minimum Gasteiger partial charge on any atom is -0.385 e. The topological polar surface area (TPSA) is 40.5 Å². The third-order valence-corrected chi connectivity index (χ3v) is 2.08. The first-order valence-electron chi connectivity index (χ1n) is 4.17. The third kappa shape index (κ3) is 2.17. The maximum Gasteiger partial charge on any atom is 0.111 e. The van der Waals surface area contributed by atoms with Crippen molar-refractivity contribution in [3.05, 3.63) is 48.6 Å². The van der Waals surface area contributed by atoms with Crippen molar-refractivity contribution in [3.63, 3.8) is 0 Å². The molecule has 0 bridgehead atoms. The minimum atomic E-state index is -1.28. The zero-order valence-corrected chi connectivity index (χ0v) is 7.64. The highest BCUT2D eigenvalue weighted by Gasteiger charge is 2.27. The normalized spacial score (nSPS) is 17.5. The number of hydrogen-bond acceptors (Lipinski definition) is 2. The fourth-order valence-corrected chi connectivity index (χ4v) is 1.08. The van der Waals surface area contributed by atoms with E-state index in [0.29, 0.717) is 5.56 Å². The van der Waals surface area contributed by atoms with Gasteiger partial charge in [0.2, 0.25) is 0 Å². The molecule has 0 saturated carbocycles. The fraction of sp³-hybridized carbons (Fsp3) is 0.273. The van der Waals surface area contributed by atoms with Crippen LogP contribution in [0.25, 0.3) is 0 Å². The Balaban J connectivity index is 2.91. The fourth-order valence-electron chi connectivity index (χ4n) is 1.08. The van der Waals surface area contributed by atoms with Crippen molar-refractivity contribution in [2.24, 2.45) is 0 Å². The zero-order valence-electron chi connectivity index (χ0n) is 7.64. The van der Waals surface area contributed by atoms with E-state index in [-0.39, 0.29) is 0 Å². The highest BCUT2D eigenvalue weighted by molar-refractivity contribution is 5.21. The molecule has 0 heterocycles. The second kappa shape index (κ2) is 3.73. The van der Waals surface area contributed by atoms with E-state index in [0.717, 1.165) is 0 Å². The van der Waals surface area contributed by atoms with Crippen LogP contribution in [0.2, 0.25) is 0 Å². The van der Waals surface area contributed by atoms with Gasteiger partial charge in [0.05, 0.1) is 0 Å². The highest BCUT2D eigenvalue weighted by Crippen LogP contribution is 2.25. The maximum atomic E-state index is 9.73. The molecule has 0 saturated heterocycles. The molecule has 0 unspecified atom stereocenters. The van der Waals surface area contributed by atoms with Crippen molar-refractivity contribution in [1.29, 1.82) is 0 Å². The molecule has 0 aromatic heterocycles. The molecular weight excluding hydrogens is 164 g/mol. The van der Waals surface area contributed by atoms with Crippen LogP contribution in [0, 0.1) is 0 Å². The molecule has 2 atom stereocenters. The smallest absolute Gasteiger partial charge is 0.111 e. The van der Waals surface area contributed by atoms with Crippen LogP contribution in [0.3, 0.4) is 0 Å². The summed E-state index contributed by atoms with van der Waals surface area (Å²) in [5, 5.41) is 19.4. The lowest BCUT2D eigenvalue weighted by Gasteiger charge is -2.25. The molecule has 0 aliphatic carbocycles. The summed E-state index contributed by atoms with van der Waals surface area (Å²) in [6.07, 6.45) is 0.413. The Bertz CT molecular complexity index is 277. The molecule has 2 N–H and O–H groups in total. The van der Waals surface area contributed by atoms with Gasteiger partial charge in [-0.1, -0.05) is 36.4 Å². The number of rotatable bonds is 3. The summed E-state index contributed by atoms with van der Waals surface area (Å²) in [5.74, 6) is 0. The van der Waals surface area contributed by atoms with Gasteiger partial charge < -0.3 is 10.2 Å². The molecular formula is C11H14O2. The maximum absolute atomic E-state index is 9.73. The van der Waals surface area contributed by atoms with Crippen molar-refractivity contribution >= 4 is 0 Å². The van der Waals surface area contributed by atoms with Gasteiger partial charge in [-0.05, 0) is 12.5 Å². The Labute approximate surface area is 78.2 Å². The van der Waals surface area contributed by atoms with Crippen LogP contribution in [0.4, 0.5) is 0 Å². The largest absolute Gasteiger partial charge is 0.385 e. The van der Waals surface area contributed by atoms with Crippen molar-refractivity contribution in [2.75, 3.05) is 0 Å². The van der Waals surface area contributed by atoms with E-state index in [1.165, 1.54) is 13.0 Å². The number of hydrogen-bond donors (Lipinski definition) is 2. The van der Waals surface area contributed by atoms with Crippen molar-refractivity contribution < 1.29 is 10.2 Å². The molecule has 70 valence electrons. The van der Waals surface area contributed by atoms with Gasteiger partial charge in [0.25, 0.3) is 0 Å². The molecule has 1 aromatic rings. The standard InChI is InChI=1S/C11H14O2/c1-3-11(2,13)10(12)9-7-5-4-6-8-9/h3-8,10,12-13H,1H2,2H3/t10-,11+/m0/s1. The summed E-state index contributed by atoms with van der Waals surface area (Å²) in [6.45, 7) is 4.99. The van der Waals surface area contributed by atoms with Gasteiger partial charge in [-0.25, -0.2) is 0 Å². The van der Waals surface area contributed by atoms with Crippen molar-refractivity contribution in [2.45, 2.75) is 18.6 Å². The van der Waals surface area contributed by atoms with Crippen LogP contribution < -0.4 is 0 Å². The number of benzene rings is 1. The molecule has 2 heteroatoms. The second-order valence-corrected chi connectivity index (χ2v) is 3.24. The summed E-state index contributed by atoms with van der Waals surface area (Å²) < 4.78 is 0. The monoisotopic (exact) mass is 178 g/mol. The van der Waals surface area contributed by atoms with E-state index < -0.39 is 11.7 Å². The molecule has 0 fully saturated rings. The van der Waals surface area contributed by atoms with Gasteiger partial charge >= 0.3 is 0 Å². The first kappa shape index (κ1) is 9.96. The predicted molar refractivity (Wildman–Crippen MR) is 52.2 cm³/mol. The lowest BCUT2D eigenvalue weighted by Crippen LogP contribution is -2.29. The predicted octanol–water partition coefficient (Wildman–Crippen LogP) is 1.66. The van der Waals surface area contributed by atoms with Gasteiger partial charge in [0.1, 0.15) is 11.7 Å². The SMILES string of the molecule is C=C[C@@](C)(O)[C@@H](O)c1ccccc1. The highest BCUT2D eigenvalue weighted by atomic mass is 16.3. The quantitative estimate of drug-likeness (QED) is 0.691. The molecule has 0 spiro atoms.